The molecule has 2 heterocycles. The lowest BCUT2D eigenvalue weighted by molar-refractivity contribution is -0.119. The van der Waals surface area contributed by atoms with E-state index >= 15 is 0 Å². The number of anilines is 1. The molecule has 0 saturated carbocycles. The summed E-state index contributed by atoms with van der Waals surface area (Å²) in [4.78, 5) is 15.2. The molecule has 0 aliphatic carbocycles. The summed E-state index contributed by atoms with van der Waals surface area (Å²) in [5, 5.41) is 2.24. The fraction of sp³-hybridized carbons (Fsp3) is 0.333. The summed E-state index contributed by atoms with van der Waals surface area (Å²) in [7, 11) is 0. The van der Waals surface area contributed by atoms with E-state index in [-0.39, 0.29) is 11.9 Å². The van der Waals surface area contributed by atoms with Gasteiger partial charge in [-0.2, -0.15) is 0 Å². The summed E-state index contributed by atoms with van der Waals surface area (Å²) in [6, 6.07) is 3.60. The number of amides is 1. The SMILES string of the molecule is CC1CC(=O)NN1c1ncccc1Cl. The van der Waals surface area contributed by atoms with Crippen molar-refractivity contribution in [1.29, 1.82) is 0 Å². The molecule has 0 aromatic carbocycles. The van der Waals surface area contributed by atoms with E-state index in [1.54, 1.807) is 23.3 Å². The van der Waals surface area contributed by atoms with Crippen molar-refractivity contribution >= 4 is 23.3 Å². The number of rotatable bonds is 1. The molecule has 0 spiro atoms. The number of nitrogens with one attached hydrogen (secondary N) is 1. The van der Waals surface area contributed by atoms with Crippen LogP contribution in [0.15, 0.2) is 18.3 Å². The van der Waals surface area contributed by atoms with E-state index in [4.69, 9.17) is 11.6 Å². The Morgan fingerprint density at radius 1 is 1.71 bits per heavy atom. The molecule has 1 fully saturated rings. The molecular weight excluding hydrogens is 202 g/mol. The minimum absolute atomic E-state index is 0.000722. The highest BCUT2D eigenvalue weighted by atomic mass is 35.5. The van der Waals surface area contributed by atoms with Gasteiger partial charge in [-0.1, -0.05) is 11.6 Å². The lowest BCUT2D eigenvalue weighted by Gasteiger charge is -2.21. The monoisotopic (exact) mass is 211 g/mol. The van der Waals surface area contributed by atoms with E-state index in [1.165, 1.54) is 0 Å². The van der Waals surface area contributed by atoms with E-state index in [9.17, 15) is 4.79 Å². The van der Waals surface area contributed by atoms with Crippen molar-refractivity contribution in [3.8, 4) is 0 Å². The number of aromatic nitrogens is 1. The maximum absolute atomic E-state index is 11.1. The Bertz CT molecular complexity index is 369. The number of carbonyl (C=O) groups is 1. The summed E-state index contributed by atoms with van der Waals surface area (Å²) >= 11 is 5.96. The average molecular weight is 212 g/mol. The number of hydrogen-bond acceptors (Lipinski definition) is 3. The first-order chi connectivity index (χ1) is 6.68. The van der Waals surface area contributed by atoms with Crippen LogP contribution in [0.3, 0.4) is 0 Å². The fourth-order valence-corrected chi connectivity index (χ4v) is 1.68. The second-order valence-electron chi connectivity index (χ2n) is 3.27. The van der Waals surface area contributed by atoms with Crippen LogP contribution in [0.1, 0.15) is 13.3 Å². The van der Waals surface area contributed by atoms with Gasteiger partial charge in [-0.05, 0) is 19.1 Å². The van der Waals surface area contributed by atoms with Crippen LogP contribution in [0.25, 0.3) is 0 Å². The quantitative estimate of drug-likeness (QED) is 0.763. The van der Waals surface area contributed by atoms with Crippen molar-refractivity contribution in [3.05, 3.63) is 23.4 Å². The van der Waals surface area contributed by atoms with Crippen LogP contribution in [0, 0.1) is 0 Å². The number of carbonyl (C=O) groups excluding carboxylic acids is 1. The highest BCUT2D eigenvalue weighted by Crippen LogP contribution is 2.25. The van der Waals surface area contributed by atoms with Crippen molar-refractivity contribution in [2.24, 2.45) is 0 Å². The highest BCUT2D eigenvalue weighted by molar-refractivity contribution is 6.33. The normalized spacial score (nSPS) is 21.1. The molecule has 2 rings (SSSR count). The molecule has 5 heteroatoms. The fourth-order valence-electron chi connectivity index (χ4n) is 1.47. The van der Waals surface area contributed by atoms with E-state index in [1.807, 2.05) is 6.92 Å². The molecule has 1 aliphatic rings. The molecule has 1 aromatic rings. The van der Waals surface area contributed by atoms with Gasteiger partial charge < -0.3 is 0 Å². The van der Waals surface area contributed by atoms with Gasteiger partial charge in [0.1, 0.15) is 0 Å². The molecular formula is C9H10ClN3O. The van der Waals surface area contributed by atoms with E-state index in [2.05, 4.69) is 10.4 Å². The van der Waals surface area contributed by atoms with Crippen LogP contribution in [-0.2, 0) is 4.79 Å². The van der Waals surface area contributed by atoms with Gasteiger partial charge in [0.15, 0.2) is 5.82 Å². The van der Waals surface area contributed by atoms with Gasteiger partial charge in [-0.15, -0.1) is 0 Å². The van der Waals surface area contributed by atoms with Gasteiger partial charge in [0.05, 0.1) is 17.5 Å². The molecule has 1 N–H and O–H groups in total. The third-order valence-corrected chi connectivity index (χ3v) is 2.43. The van der Waals surface area contributed by atoms with Gasteiger partial charge in [0.25, 0.3) is 0 Å². The summed E-state index contributed by atoms with van der Waals surface area (Å²) in [6.07, 6.45) is 2.13. The molecule has 4 nitrogen and oxygen atoms in total. The maximum atomic E-state index is 11.1. The number of pyridine rings is 1. The van der Waals surface area contributed by atoms with Gasteiger partial charge in [0, 0.05) is 6.20 Å². The molecule has 1 aliphatic heterocycles. The highest BCUT2D eigenvalue weighted by Gasteiger charge is 2.28. The minimum atomic E-state index is -0.000722. The Morgan fingerprint density at radius 3 is 3.07 bits per heavy atom. The molecule has 1 atom stereocenters. The van der Waals surface area contributed by atoms with Crippen LogP contribution in [0.2, 0.25) is 5.02 Å². The summed E-state index contributed by atoms with van der Waals surface area (Å²) in [5.41, 5.74) is 2.71. The summed E-state index contributed by atoms with van der Waals surface area (Å²) < 4.78 is 0. The zero-order chi connectivity index (χ0) is 10.1. The van der Waals surface area contributed by atoms with Crippen molar-refractivity contribution in [3.63, 3.8) is 0 Å². The smallest absolute Gasteiger partial charge is 0.240 e. The predicted octanol–water partition coefficient (Wildman–Crippen LogP) is 1.36. The average Bonchev–Trinajstić information content (AvgIpc) is 2.46. The third kappa shape index (κ3) is 1.53. The Hall–Kier alpha value is -1.29. The topological polar surface area (TPSA) is 45.2 Å². The standard InChI is InChI=1S/C9H10ClN3O/c1-6-5-8(14)12-13(6)9-7(10)3-2-4-11-9/h2-4,6H,5H2,1H3,(H,12,14). The van der Waals surface area contributed by atoms with Crippen LogP contribution in [0.5, 0.6) is 0 Å². The van der Waals surface area contributed by atoms with E-state index in [0.717, 1.165) is 0 Å². The molecule has 14 heavy (non-hydrogen) atoms. The van der Waals surface area contributed by atoms with Crippen molar-refractivity contribution < 1.29 is 4.79 Å². The molecule has 1 saturated heterocycles. The second-order valence-corrected chi connectivity index (χ2v) is 3.67. The first-order valence-corrected chi connectivity index (χ1v) is 4.75. The first-order valence-electron chi connectivity index (χ1n) is 4.37. The van der Waals surface area contributed by atoms with E-state index < -0.39 is 0 Å². The summed E-state index contributed by atoms with van der Waals surface area (Å²) in [5.74, 6) is 0.603. The molecule has 0 radical (unpaired) electrons. The molecule has 74 valence electrons. The number of nitrogens with zero attached hydrogens (tertiary/aromatic N) is 2. The second kappa shape index (κ2) is 3.46. The van der Waals surface area contributed by atoms with Gasteiger partial charge >= 0.3 is 0 Å². The molecule has 1 unspecified atom stereocenters. The van der Waals surface area contributed by atoms with Crippen LogP contribution in [0.4, 0.5) is 5.82 Å². The Morgan fingerprint density at radius 2 is 2.50 bits per heavy atom. The first kappa shape index (κ1) is 9.27. The molecule has 1 aromatic heterocycles. The predicted molar refractivity (Wildman–Crippen MR) is 53.9 cm³/mol. The summed E-state index contributed by atoms with van der Waals surface area (Å²) in [6.45, 7) is 1.95. The molecule has 0 bridgehead atoms. The lowest BCUT2D eigenvalue weighted by atomic mass is 10.2. The van der Waals surface area contributed by atoms with Crippen LogP contribution < -0.4 is 10.4 Å². The largest absolute Gasteiger partial charge is 0.273 e. The lowest BCUT2D eigenvalue weighted by Crippen LogP contribution is -2.37. The van der Waals surface area contributed by atoms with Crippen LogP contribution >= 0.6 is 11.6 Å². The Kier molecular flexibility index (Phi) is 2.29. The molecule has 1 amide bonds. The number of hydrogen-bond donors (Lipinski definition) is 1. The van der Waals surface area contributed by atoms with Gasteiger partial charge in [-0.3, -0.25) is 15.2 Å². The van der Waals surface area contributed by atoms with Crippen molar-refractivity contribution in [1.82, 2.24) is 10.4 Å². The minimum Gasteiger partial charge on any atom is -0.273 e. The third-order valence-electron chi connectivity index (χ3n) is 2.13. The van der Waals surface area contributed by atoms with Gasteiger partial charge in [-0.25, -0.2) is 4.98 Å². The van der Waals surface area contributed by atoms with Crippen molar-refractivity contribution in [2.75, 3.05) is 5.01 Å². The zero-order valence-corrected chi connectivity index (χ0v) is 8.45. The zero-order valence-electron chi connectivity index (χ0n) is 7.70. The van der Waals surface area contributed by atoms with E-state index in [0.29, 0.717) is 17.3 Å². The Balaban J connectivity index is 2.32. The maximum Gasteiger partial charge on any atom is 0.240 e. The van der Waals surface area contributed by atoms with Crippen LogP contribution in [-0.4, -0.2) is 16.9 Å². The Labute approximate surface area is 86.8 Å². The number of hydrazine groups is 1. The number of halogens is 1. The van der Waals surface area contributed by atoms with Gasteiger partial charge in [0.2, 0.25) is 5.91 Å². The van der Waals surface area contributed by atoms with Crippen molar-refractivity contribution in [2.45, 2.75) is 19.4 Å².